The molecule has 4 heteroatoms. The van der Waals surface area contributed by atoms with Crippen molar-refractivity contribution >= 4 is 11.6 Å². The lowest BCUT2D eigenvalue weighted by Crippen LogP contribution is -2.38. The number of amides is 1. The summed E-state index contributed by atoms with van der Waals surface area (Å²) in [6.45, 7) is 4.56. The van der Waals surface area contributed by atoms with Gasteiger partial charge in [0.1, 0.15) is 0 Å². The van der Waals surface area contributed by atoms with E-state index in [1.54, 1.807) is 13.8 Å². The Morgan fingerprint density at radius 2 is 2.28 bits per heavy atom. The van der Waals surface area contributed by atoms with Crippen LogP contribution in [0.1, 0.15) is 36.2 Å². The van der Waals surface area contributed by atoms with Crippen molar-refractivity contribution in [2.45, 2.75) is 32.3 Å². The molecule has 1 heterocycles. The first kappa shape index (κ1) is 12.9. The molecule has 0 saturated carbocycles. The number of rotatable bonds is 3. The van der Waals surface area contributed by atoms with E-state index < -0.39 is 5.60 Å². The summed E-state index contributed by atoms with van der Waals surface area (Å²) in [7, 11) is 0. The molecule has 0 fully saturated rings. The van der Waals surface area contributed by atoms with Gasteiger partial charge < -0.3 is 15.7 Å². The number of carbonyl (C=O) groups excluding carboxylic acids is 1. The van der Waals surface area contributed by atoms with Crippen molar-refractivity contribution in [2.75, 3.05) is 18.4 Å². The average Bonchev–Trinajstić information content (AvgIpc) is 2.34. The molecule has 3 N–H and O–H groups in total. The number of hydrogen-bond donors (Lipinski definition) is 3. The van der Waals surface area contributed by atoms with Crippen LogP contribution in [-0.2, 0) is 6.42 Å². The van der Waals surface area contributed by atoms with E-state index in [2.05, 4.69) is 10.6 Å². The molecule has 0 radical (unpaired) electrons. The number of hydrogen-bond acceptors (Lipinski definition) is 3. The molecule has 2 rings (SSSR count). The van der Waals surface area contributed by atoms with Crippen molar-refractivity contribution in [2.24, 2.45) is 0 Å². The third-order valence-electron chi connectivity index (χ3n) is 3.02. The maximum absolute atomic E-state index is 12.1. The van der Waals surface area contributed by atoms with E-state index in [0.717, 1.165) is 30.6 Å². The van der Waals surface area contributed by atoms with E-state index in [9.17, 15) is 9.90 Å². The molecular formula is C14H20N2O2. The Balaban J connectivity index is 2.15. The Bertz CT molecular complexity index is 450. The van der Waals surface area contributed by atoms with Crippen molar-refractivity contribution < 1.29 is 9.90 Å². The van der Waals surface area contributed by atoms with Gasteiger partial charge in [0, 0.05) is 24.3 Å². The SMILES string of the molecule is CC(C)(O)CNC(=O)c1cccc2c1CCCN2. The molecule has 0 spiro atoms. The molecule has 0 atom stereocenters. The second-order valence-corrected chi connectivity index (χ2v) is 5.36. The highest BCUT2D eigenvalue weighted by atomic mass is 16.3. The third-order valence-corrected chi connectivity index (χ3v) is 3.02. The molecule has 18 heavy (non-hydrogen) atoms. The van der Waals surface area contributed by atoms with Crippen LogP contribution in [0.4, 0.5) is 5.69 Å². The minimum atomic E-state index is -0.886. The molecule has 1 aliphatic rings. The van der Waals surface area contributed by atoms with E-state index in [-0.39, 0.29) is 12.5 Å². The summed E-state index contributed by atoms with van der Waals surface area (Å²) in [5.74, 6) is -0.113. The van der Waals surface area contributed by atoms with Crippen molar-refractivity contribution in [1.29, 1.82) is 0 Å². The van der Waals surface area contributed by atoms with Crippen LogP contribution in [0.25, 0.3) is 0 Å². The zero-order chi connectivity index (χ0) is 13.2. The van der Waals surface area contributed by atoms with Crippen LogP contribution in [0.5, 0.6) is 0 Å². The summed E-state index contributed by atoms with van der Waals surface area (Å²) < 4.78 is 0. The van der Waals surface area contributed by atoms with Gasteiger partial charge in [0.25, 0.3) is 5.91 Å². The Hall–Kier alpha value is -1.55. The molecule has 1 aromatic rings. The van der Waals surface area contributed by atoms with Gasteiger partial charge in [-0.1, -0.05) is 6.07 Å². The van der Waals surface area contributed by atoms with Crippen molar-refractivity contribution in [3.63, 3.8) is 0 Å². The minimum Gasteiger partial charge on any atom is -0.389 e. The zero-order valence-corrected chi connectivity index (χ0v) is 10.9. The van der Waals surface area contributed by atoms with Gasteiger partial charge >= 0.3 is 0 Å². The number of benzene rings is 1. The summed E-state index contributed by atoms with van der Waals surface area (Å²) >= 11 is 0. The van der Waals surface area contributed by atoms with Gasteiger partial charge in [0.15, 0.2) is 0 Å². The average molecular weight is 248 g/mol. The predicted octanol–water partition coefficient (Wildman–Crippen LogP) is 1.55. The standard InChI is InChI=1S/C14H20N2O2/c1-14(2,18)9-16-13(17)11-5-3-7-12-10(11)6-4-8-15-12/h3,5,7,15,18H,4,6,8-9H2,1-2H3,(H,16,17). The Labute approximate surface area is 107 Å². The Morgan fingerprint density at radius 3 is 3.00 bits per heavy atom. The molecule has 1 aromatic carbocycles. The molecular weight excluding hydrogens is 228 g/mol. The van der Waals surface area contributed by atoms with Gasteiger partial charge in [-0.15, -0.1) is 0 Å². The summed E-state index contributed by atoms with van der Waals surface area (Å²) in [5.41, 5.74) is 1.96. The molecule has 1 aliphatic heterocycles. The fraction of sp³-hybridized carbons (Fsp3) is 0.500. The van der Waals surface area contributed by atoms with Crippen molar-refractivity contribution in [3.05, 3.63) is 29.3 Å². The lowest BCUT2D eigenvalue weighted by atomic mass is 9.97. The van der Waals surface area contributed by atoms with Crippen LogP contribution < -0.4 is 10.6 Å². The quantitative estimate of drug-likeness (QED) is 0.760. The first-order valence-corrected chi connectivity index (χ1v) is 6.34. The van der Waals surface area contributed by atoms with Gasteiger partial charge in [-0.25, -0.2) is 0 Å². The van der Waals surface area contributed by atoms with Gasteiger partial charge in [0.05, 0.1) is 5.60 Å². The molecule has 0 bridgehead atoms. The number of nitrogens with one attached hydrogen (secondary N) is 2. The van der Waals surface area contributed by atoms with E-state index in [1.807, 2.05) is 18.2 Å². The number of anilines is 1. The molecule has 0 aromatic heterocycles. The highest BCUT2D eigenvalue weighted by molar-refractivity contribution is 5.97. The van der Waals surface area contributed by atoms with E-state index in [4.69, 9.17) is 0 Å². The lowest BCUT2D eigenvalue weighted by molar-refractivity contribution is 0.0694. The summed E-state index contributed by atoms with van der Waals surface area (Å²) in [4.78, 5) is 12.1. The zero-order valence-electron chi connectivity index (χ0n) is 10.9. The number of aliphatic hydroxyl groups is 1. The topological polar surface area (TPSA) is 61.4 Å². The van der Waals surface area contributed by atoms with Gasteiger partial charge in [0.2, 0.25) is 0 Å². The highest BCUT2D eigenvalue weighted by Crippen LogP contribution is 2.25. The Morgan fingerprint density at radius 1 is 1.50 bits per heavy atom. The predicted molar refractivity (Wildman–Crippen MR) is 71.9 cm³/mol. The monoisotopic (exact) mass is 248 g/mol. The van der Waals surface area contributed by atoms with Crippen LogP contribution >= 0.6 is 0 Å². The van der Waals surface area contributed by atoms with E-state index in [1.165, 1.54) is 0 Å². The van der Waals surface area contributed by atoms with Gasteiger partial charge in [-0.05, 0) is 44.4 Å². The molecule has 1 amide bonds. The van der Waals surface area contributed by atoms with Crippen LogP contribution in [0, 0.1) is 0 Å². The fourth-order valence-corrected chi connectivity index (χ4v) is 2.11. The Kier molecular flexibility index (Phi) is 3.57. The highest BCUT2D eigenvalue weighted by Gasteiger charge is 2.19. The largest absolute Gasteiger partial charge is 0.389 e. The maximum atomic E-state index is 12.1. The molecule has 98 valence electrons. The summed E-state index contributed by atoms with van der Waals surface area (Å²) in [6, 6.07) is 5.73. The molecule has 0 saturated heterocycles. The second-order valence-electron chi connectivity index (χ2n) is 5.36. The smallest absolute Gasteiger partial charge is 0.251 e. The normalized spacial score (nSPS) is 14.6. The lowest BCUT2D eigenvalue weighted by Gasteiger charge is -2.22. The van der Waals surface area contributed by atoms with Crippen LogP contribution in [0.3, 0.4) is 0 Å². The first-order chi connectivity index (χ1) is 8.47. The van der Waals surface area contributed by atoms with Crippen LogP contribution in [-0.4, -0.2) is 29.7 Å². The fourth-order valence-electron chi connectivity index (χ4n) is 2.11. The molecule has 4 nitrogen and oxygen atoms in total. The van der Waals surface area contributed by atoms with E-state index >= 15 is 0 Å². The van der Waals surface area contributed by atoms with Gasteiger partial charge in [-0.3, -0.25) is 4.79 Å². The summed E-state index contributed by atoms with van der Waals surface area (Å²) in [6.07, 6.45) is 1.97. The molecule has 0 aliphatic carbocycles. The number of fused-ring (bicyclic) bond motifs is 1. The van der Waals surface area contributed by atoms with Crippen LogP contribution in [0.2, 0.25) is 0 Å². The van der Waals surface area contributed by atoms with E-state index in [0.29, 0.717) is 5.56 Å². The van der Waals surface area contributed by atoms with Crippen molar-refractivity contribution in [1.82, 2.24) is 5.32 Å². The maximum Gasteiger partial charge on any atom is 0.251 e. The molecule has 0 unspecified atom stereocenters. The van der Waals surface area contributed by atoms with Crippen LogP contribution in [0.15, 0.2) is 18.2 Å². The second kappa shape index (κ2) is 4.98. The van der Waals surface area contributed by atoms with Crippen molar-refractivity contribution in [3.8, 4) is 0 Å². The summed E-state index contributed by atoms with van der Waals surface area (Å²) in [5, 5.41) is 15.7. The van der Waals surface area contributed by atoms with Gasteiger partial charge in [-0.2, -0.15) is 0 Å². The first-order valence-electron chi connectivity index (χ1n) is 6.34. The minimum absolute atomic E-state index is 0.113. The number of carbonyl (C=O) groups is 1. The third kappa shape index (κ3) is 3.01.